The third-order valence-corrected chi connectivity index (χ3v) is 4.37. The van der Waals surface area contributed by atoms with E-state index in [2.05, 4.69) is 5.32 Å². The van der Waals surface area contributed by atoms with Gasteiger partial charge >= 0.3 is 6.03 Å². The molecule has 1 N–H and O–H groups in total. The molecule has 4 amide bonds. The number of amides is 4. The molecule has 0 saturated carbocycles. The summed E-state index contributed by atoms with van der Waals surface area (Å²) in [5.41, 5.74) is 2.46. The van der Waals surface area contributed by atoms with Gasteiger partial charge in [-0.05, 0) is 37.6 Å². The largest absolute Gasteiger partial charge is 0.331 e. The maximum Gasteiger partial charge on any atom is 0.331 e. The van der Waals surface area contributed by atoms with Gasteiger partial charge in [0.2, 0.25) is 0 Å². The molecular weight excluding hydrogens is 352 g/mol. The summed E-state index contributed by atoms with van der Waals surface area (Å²) < 4.78 is 1.79. The molecule has 1 aliphatic rings. The molecule has 0 bridgehead atoms. The molecule has 27 heavy (non-hydrogen) atoms. The number of likely N-dealkylation sites (N-methyl/N-ethyl adjacent to an activating group) is 1. The first-order valence-corrected chi connectivity index (χ1v) is 7.99. The molecule has 0 radical (unpaired) electrons. The topological polar surface area (TPSA) is 115 Å². The maximum absolute atomic E-state index is 12.2. The molecule has 3 rings (SSSR count). The SMILES string of the molecule is Cc1cc(/C=C2\C(=O)NC(=O)N(C)C2=O)c(C)n1-c1cccc([N+](=O)[O-])c1. The van der Waals surface area contributed by atoms with Gasteiger partial charge in [0.05, 0.1) is 10.6 Å². The molecule has 9 nitrogen and oxygen atoms in total. The van der Waals surface area contributed by atoms with Crippen LogP contribution in [0.3, 0.4) is 0 Å². The highest BCUT2D eigenvalue weighted by Gasteiger charge is 2.33. The quantitative estimate of drug-likeness (QED) is 0.386. The van der Waals surface area contributed by atoms with Crippen molar-refractivity contribution < 1.29 is 19.3 Å². The second-order valence-corrected chi connectivity index (χ2v) is 6.12. The van der Waals surface area contributed by atoms with Crippen molar-refractivity contribution >= 4 is 29.6 Å². The van der Waals surface area contributed by atoms with Crippen molar-refractivity contribution in [2.45, 2.75) is 13.8 Å². The summed E-state index contributed by atoms with van der Waals surface area (Å²) >= 11 is 0. The zero-order valence-electron chi connectivity index (χ0n) is 14.8. The van der Waals surface area contributed by atoms with Gasteiger partial charge in [-0.25, -0.2) is 4.79 Å². The van der Waals surface area contributed by atoms with E-state index in [0.717, 1.165) is 10.6 Å². The van der Waals surface area contributed by atoms with Crippen LogP contribution in [0.5, 0.6) is 0 Å². The lowest BCUT2D eigenvalue weighted by molar-refractivity contribution is -0.384. The van der Waals surface area contributed by atoms with E-state index in [1.807, 2.05) is 6.92 Å². The van der Waals surface area contributed by atoms with Crippen molar-refractivity contribution in [3.63, 3.8) is 0 Å². The number of non-ortho nitro benzene ring substituents is 1. The minimum absolute atomic E-state index is 0.0399. The van der Waals surface area contributed by atoms with Crippen LogP contribution in [0.25, 0.3) is 11.8 Å². The Kier molecular flexibility index (Phi) is 4.36. The fourth-order valence-electron chi connectivity index (χ4n) is 2.98. The first-order valence-electron chi connectivity index (χ1n) is 7.99. The van der Waals surface area contributed by atoms with Crippen LogP contribution in [0.15, 0.2) is 35.9 Å². The molecule has 2 aromatic rings. The van der Waals surface area contributed by atoms with Crippen LogP contribution in [0.1, 0.15) is 17.0 Å². The average Bonchev–Trinajstić information content (AvgIpc) is 2.90. The molecule has 1 aliphatic heterocycles. The van der Waals surface area contributed by atoms with Gasteiger partial charge in [0, 0.05) is 30.6 Å². The van der Waals surface area contributed by atoms with E-state index in [4.69, 9.17) is 0 Å². The summed E-state index contributed by atoms with van der Waals surface area (Å²) in [6.45, 7) is 3.59. The summed E-state index contributed by atoms with van der Waals surface area (Å²) in [5, 5.41) is 13.1. The van der Waals surface area contributed by atoms with Crippen molar-refractivity contribution in [2.75, 3.05) is 7.05 Å². The Morgan fingerprint density at radius 2 is 1.85 bits per heavy atom. The third kappa shape index (κ3) is 3.10. The Hall–Kier alpha value is -3.75. The number of hydrogen-bond donors (Lipinski definition) is 1. The van der Waals surface area contributed by atoms with E-state index in [0.29, 0.717) is 16.9 Å². The number of urea groups is 1. The average molecular weight is 368 g/mol. The van der Waals surface area contributed by atoms with Gasteiger partial charge in [0.15, 0.2) is 0 Å². The number of carbonyl (C=O) groups is 3. The van der Waals surface area contributed by atoms with Crippen LogP contribution in [-0.2, 0) is 9.59 Å². The van der Waals surface area contributed by atoms with E-state index in [-0.39, 0.29) is 11.3 Å². The Bertz CT molecular complexity index is 1030. The summed E-state index contributed by atoms with van der Waals surface area (Å²) in [6.07, 6.45) is 1.41. The minimum atomic E-state index is -0.774. The third-order valence-electron chi connectivity index (χ3n) is 4.37. The zero-order chi connectivity index (χ0) is 19.9. The molecule has 0 unspecified atom stereocenters. The van der Waals surface area contributed by atoms with Crippen molar-refractivity contribution in [3.05, 3.63) is 63.0 Å². The van der Waals surface area contributed by atoms with Crippen LogP contribution >= 0.6 is 0 Å². The number of nitrogens with one attached hydrogen (secondary N) is 1. The molecular formula is C18H16N4O5. The Labute approximate surface area is 154 Å². The number of nitro groups is 1. The van der Waals surface area contributed by atoms with E-state index < -0.39 is 22.8 Å². The lowest BCUT2D eigenvalue weighted by Gasteiger charge is -2.22. The molecule has 138 valence electrons. The van der Waals surface area contributed by atoms with E-state index in [1.165, 1.54) is 25.3 Å². The van der Waals surface area contributed by atoms with Crippen LogP contribution in [0, 0.1) is 24.0 Å². The second-order valence-electron chi connectivity index (χ2n) is 6.12. The Morgan fingerprint density at radius 1 is 1.15 bits per heavy atom. The molecule has 1 aromatic carbocycles. The summed E-state index contributed by atoms with van der Waals surface area (Å²) in [7, 11) is 1.28. The number of nitrogens with zero attached hydrogens (tertiary/aromatic N) is 3. The minimum Gasteiger partial charge on any atom is -0.318 e. The van der Waals surface area contributed by atoms with Crippen molar-refractivity contribution in [2.24, 2.45) is 0 Å². The van der Waals surface area contributed by atoms with Crippen LogP contribution in [0.2, 0.25) is 0 Å². The highest BCUT2D eigenvalue weighted by molar-refractivity contribution is 6.30. The number of barbiturate groups is 1. The number of carbonyl (C=O) groups excluding carboxylic acids is 3. The van der Waals surface area contributed by atoms with Crippen LogP contribution in [0.4, 0.5) is 10.5 Å². The van der Waals surface area contributed by atoms with Gasteiger partial charge < -0.3 is 4.57 Å². The number of aryl methyl sites for hydroxylation is 1. The van der Waals surface area contributed by atoms with Gasteiger partial charge in [0.1, 0.15) is 5.57 Å². The number of benzene rings is 1. The summed E-state index contributed by atoms with van der Waals surface area (Å²) in [5.74, 6) is -1.45. The molecule has 0 spiro atoms. The number of nitro benzene ring substituents is 1. The lowest BCUT2D eigenvalue weighted by atomic mass is 10.1. The van der Waals surface area contributed by atoms with Crippen LogP contribution < -0.4 is 5.32 Å². The second kappa shape index (κ2) is 6.52. The van der Waals surface area contributed by atoms with Gasteiger partial charge in [-0.2, -0.15) is 0 Å². The highest BCUT2D eigenvalue weighted by atomic mass is 16.6. The van der Waals surface area contributed by atoms with Gasteiger partial charge in [-0.3, -0.25) is 29.9 Å². The number of hydrogen-bond acceptors (Lipinski definition) is 5. The molecule has 1 fully saturated rings. The lowest BCUT2D eigenvalue weighted by Crippen LogP contribution is -2.52. The Balaban J connectivity index is 2.08. The first-order chi connectivity index (χ1) is 12.7. The van der Waals surface area contributed by atoms with Gasteiger partial charge in [-0.15, -0.1) is 0 Å². The highest BCUT2D eigenvalue weighted by Crippen LogP contribution is 2.25. The fourth-order valence-corrected chi connectivity index (χ4v) is 2.98. The van der Waals surface area contributed by atoms with Crippen molar-refractivity contribution in [3.8, 4) is 5.69 Å². The predicted molar refractivity (Wildman–Crippen MR) is 96.2 cm³/mol. The molecule has 1 saturated heterocycles. The smallest absolute Gasteiger partial charge is 0.318 e. The molecule has 2 heterocycles. The predicted octanol–water partition coefficient (Wildman–Crippen LogP) is 2.09. The van der Waals surface area contributed by atoms with Crippen molar-refractivity contribution in [1.82, 2.24) is 14.8 Å². The summed E-state index contributed by atoms with van der Waals surface area (Å²) in [6, 6.07) is 7.15. The maximum atomic E-state index is 12.2. The number of imide groups is 2. The monoisotopic (exact) mass is 368 g/mol. The fraction of sp³-hybridized carbons (Fsp3) is 0.167. The van der Waals surface area contributed by atoms with Gasteiger partial charge in [0.25, 0.3) is 17.5 Å². The molecule has 1 aromatic heterocycles. The Morgan fingerprint density at radius 3 is 2.52 bits per heavy atom. The first kappa shape index (κ1) is 18.1. The molecule has 0 aliphatic carbocycles. The molecule has 0 atom stereocenters. The van der Waals surface area contributed by atoms with E-state index >= 15 is 0 Å². The van der Waals surface area contributed by atoms with Crippen LogP contribution in [-0.4, -0.2) is 39.3 Å². The van der Waals surface area contributed by atoms with E-state index in [1.54, 1.807) is 29.7 Å². The van der Waals surface area contributed by atoms with E-state index in [9.17, 15) is 24.5 Å². The zero-order valence-corrected chi connectivity index (χ0v) is 14.8. The molecule has 9 heteroatoms. The number of aromatic nitrogens is 1. The van der Waals surface area contributed by atoms with Gasteiger partial charge in [-0.1, -0.05) is 6.07 Å². The normalized spacial score (nSPS) is 16.0. The standard InChI is InChI=1S/C18H16N4O5/c1-10-7-12(8-15-16(23)19-18(25)20(3)17(15)24)11(2)21(10)13-5-4-6-14(9-13)22(26)27/h4-9H,1-3H3,(H,19,23,25)/b15-8+. The number of rotatable bonds is 3. The van der Waals surface area contributed by atoms with Crippen molar-refractivity contribution in [1.29, 1.82) is 0 Å². The summed E-state index contributed by atoms with van der Waals surface area (Å²) in [4.78, 5) is 47.1.